The highest BCUT2D eigenvalue weighted by Crippen LogP contribution is 2.33. The first-order valence-corrected chi connectivity index (χ1v) is 10.7. The Morgan fingerprint density at radius 2 is 1.79 bits per heavy atom. The standard InChI is InChI=1S/C21H22BrNO4S/c1-3-10-23-20(24)19(28-21(23)25)12-15-6-9-17(18(11-15)26-2)27-13-14-4-7-16(22)8-5-14/h4-9,11,19H,3,10,12-13H2,1-2H3/t19-/m0/s1. The van der Waals surface area contributed by atoms with E-state index < -0.39 is 0 Å². The molecule has 2 aromatic carbocycles. The van der Waals surface area contributed by atoms with Crippen LogP contribution in [-0.4, -0.2) is 35.0 Å². The van der Waals surface area contributed by atoms with Crippen molar-refractivity contribution < 1.29 is 19.1 Å². The summed E-state index contributed by atoms with van der Waals surface area (Å²) in [5.41, 5.74) is 1.99. The van der Waals surface area contributed by atoms with Gasteiger partial charge < -0.3 is 9.47 Å². The molecule has 5 nitrogen and oxygen atoms in total. The highest BCUT2D eigenvalue weighted by atomic mass is 79.9. The van der Waals surface area contributed by atoms with E-state index in [9.17, 15) is 9.59 Å². The molecule has 0 unspecified atom stereocenters. The third kappa shape index (κ3) is 4.89. The van der Waals surface area contributed by atoms with Gasteiger partial charge in [0.2, 0.25) is 5.91 Å². The van der Waals surface area contributed by atoms with Gasteiger partial charge in [-0.25, -0.2) is 0 Å². The first-order chi connectivity index (χ1) is 13.5. The van der Waals surface area contributed by atoms with Gasteiger partial charge in [-0.1, -0.05) is 52.8 Å². The molecular formula is C21H22BrNO4S. The van der Waals surface area contributed by atoms with Gasteiger partial charge >= 0.3 is 0 Å². The normalized spacial score (nSPS) is 16.5. The van der Waals surface area contributed by atoms with Crippen LogP contribution in [0.3, 0.4) is 0 Å². The lowest BCUT2D eigenvalue weighted by Gasteiger charge is -2.14. The predicted octanol–water partition coefficient (Wildman–Crippen LogP) is 5.05. The van der Waals surface area contributed by atoms with Crippen molar-refractivity contribution in [3.05, 3.63) is 58.1 Å². The fourth-order valence-electron chi connectivity index (χ4n) is 2.97. The van der Waals surface area contributed by atoms with Crippen LogP contribution in [0.15, 0.2) is 46.9 Å². The van der Waals surface area contributed by atoms with E-state index >= 15 is 0 Å². The van der Waals surface area contributed by atoms with Crippen molar-refractivity contribution >= 4 is 38.8 Å². The summed E-state index contributed by atoms with van der Waals surface area (Å²) in [5.74, 6) is 1.15. The van der Waals surface area contributed by atoms with Crippen molar-refractivity contribution in [3.8, 4) is 11.5 Å². The number of methoxy groups -OCH3 is 1. The van der Waals surface area contributed by atoms with Crippen LogP contribution >= 0.6 is 27.7 Å². The van der Waals surface area contributed by atoms with Crippen LogP contribution in [0.5, 0.6) is 11.5 Å². The van der Waals surface area contributed by atoms with Gasteiger partial charge in [0.1, 0.15) is 6.61 Å². The Kier molecular flexibility index (Phi) is 7.02. The van der Waals surface area contributed by atoms with E-state index in [2.05, 4.69) is 15.9 Å². The molecule has 28 heavy (non-hydrogen) atoms. The third-order valence-corrected chi connectivity index (χ3v) is 6.01. The number of benzene rings is 2. The molecule has 0 N–H and O–H groups in total. The SMILES string of the molecule is CCCN1C(=O)S[C@@H](Cc2ccc(OCc3ccc(Br)cc3)c(OC)c2)C1=O. The van der Waals surface area contributed by atoms with Crippen LogP contribution in [-0.2, 0) is 17.8 Å². The zero-order chi connectivity index (χ0) is 20.1. The molecule has 0 saturated carbocycles. The van der Waals surface area contributed by atoms with E-state index in [4.69, 9.17) is 9.47 Å². The fourth-order valence-corrected chi connectivity index (χ4v) is 4.29. The van der Waals surface area contributed by atoms with Crippen LogP contribution < -0.4 is 9.47 Å². The van der Waals surface area contributed by atoms with Crippen molar-refractivity contribution in [1.82, 2.24) is 4.90 Å². The van der Waals surface area contributed by atoms with Crippen LogP contribution in [0.25, 0.3) is 0 Å². The Morgan fingerprint density at radius 3 is 2.46 bits per heavy atom. The van der Waals surface area contributed by atoms with E-state index in [1.54, 1.807) is 7.11 Å². The molecule has 2 aromatic rings. The van der Waals surface area contributed by atoms with Crippen LogP contribution in [0.1, 0.15) is 24.5 Å². The molecule has 1 heterocycles. The summed E-state index contributed by atoms with van der Waals surface area (Å²) in [4.78, 5) is 25.8. The highest BCUT2D eigenvalue weighted by Gasteiger charge is 2.38. The largest absolute Gasteiger partial charge is 0.493 e. The lowest BCUT2D eigenvalue weighted by Crippen LogP contribution is -2.32. The number of hydrogen-bond acceptors (Lipinski definition) is 5. The van der Waals surface area contributed by atoms with E-state index in [-0.39, 0.29) is 16.4 Å². The summed E-state index contributed by atoms with van der Waals surface area (Å²) in [6.45, 7) is 2.87. The van der Waals surface area contributed by atoms with E-state index in [0.717, 1.165) is 33.8 Å². The smallest absolute Gasteiger partial charge is 0.289 e. The predicted molar refractivity (Wildman–Crippen MR) is 114 cm³/mol. The number of nitrogens with zero attached hydrogens (tertiary/aromatic N) is 1. The highest BCUT2D eigenvalue weighted by molar-refractivity contribution is 9.10. The van der Waals surface area contributed by atoms with Crippen LogP contribution in [0.4, 0.5) is 4.79 Å². The molecule has 0 bridgehead atoms. The molecular weight excluding hydrogens is 442 g/mol. The first kappa shape index (κ1) is 20.7. The fraction of sp³-hybridized carbons (Fsp3) is 0.333. The van der Waals surface area contributed by atoms with Gasteiger partial charge in [0.15, 0.2) is 11.5 Å². The lowest BCUT2D eigenvalue weighted by molar-refractivity contribution is -0.126. The molecule has 0 spiro atoms. The maximum atomic E-state index is 12.4. The molecule has 1 aliphatic rings. The monoisotopic (exact) mass is 463 g/mol. The molecule has 1 atom stereocenters. The van der Waals surface area contributed by atoms with Gasteiger partial charge in [0.05, 0.1) is 12.4 Å². The second-order valence-electron chi connectivity index (χ2n) is 6.47. The average molecular weight is 464 g/mol. The number of carbonyl (C=O) groups is 2. The van der Waals surface area contributed by atoms with Crippen LogP contribution in [0, 0.1) is 0 Å². The number of imide groups is 1. The quantitative estimate of drug-likeness (QED) is 0.547. The van der Waals surface area contributed by atoms with E-state index in [1.807, 2.05) is 49.4 Å². The van der Waals surface area contributed by atoms with Gasteiger partial charge in [-0.3, -0.25) is 14.5 Å². The summed E-state index contributed by atoms with van der Waals surface area (Å²) in [6, 6.07) is 13.6. The summed E-state index contributed by atoms with van der Waals surface area (Å²) >= 11 is 4.52. The van der Waals surface area contributed by atoms with Crippen molar-refractivity contribution in [2.45, 2.75) is 31.6 Å². The topological polar surface area (TPSA) is 55.8 Å². The molecule has 1 fully saturated rings. The summed E-state index contributed by atoms with van der Waals surface area (Å²) in [6.07, 6.45) is 1.25. The van der Waals surface area contributed by atoms with Gasteiger partial charge in [0, 0.05) is 11.0 Å². The zero-order valence-electron chi connectivity index (χ0n) is 15.8. The number of hydrogen-bond donors (Lipinski definition) is 0. The number of ether oxygens (including phenoxy) is 2. The zero-order valence-corrected chi connectivity index (χ0v) is 18.2. The van der Waals surface area contributed by atoms with Gasteiger partial charge in [-0.15, -0.1) is 0 Å². The summed E-state index contributed by atoms with van der Waals surface area (Å²) in [5, 5.41) is -0.531. The first-order valence-electron chi connectivity index (χ1n) is 9.08. The molecule has 1 saturated heterocycles. The number of thioether (sulfide) groups is 1. The maximum Gasteiger partial charge on any atom is 0.289 e. The van der Waals surface area contributed by atoms with Crippen molar-refractivity contribution in [2.75, 3.05) is 13.7 Å². The van der Waals surface area contributed by atoms with Gasteiger partial charge in [-0.05, 0) is 48.2 Å². The summed E-state index contributed by atoms with van der Waals surface area (Å²) < 4.78 is 12.4. The number of halogens is 1. The Bertz CT molecular complexity index is 856. The minimum atomic E-state index is -0.377. The van der Waals surface area contributed by atoms with Crippen molar-refractivity contribution in [2.24, 2.45) is 0 Å². The minimum absolute atomic E-state index is 0.105. The average Bonchev–Trinajstić information content (AvgIpc) is 2.96. The third-order valence-electron chi connectivity index (χ3n) is 4.41. The molecule has 0 radical (unpaired) electrons. The second-order valence-corrected chi connectivity index (χ2v) is 8.54. The van der Waals surface area contributed by atoms with Gasteiger partial charge in [0.25, 0.3) is 5.24 Å². The Labute approximate surface area is 177 Å². The molecule has 0 aliphatic carbocycles. The van der Waals surface area contributed by atoms with E-state index in [1.165, 1.54) is 4.90 Å². The molecule has 2 amide bonds. The number of carbonyl (C=O) groups excluding carboxylic acids is 2. The summed E-state index contributed by atoms with van der Waals surface area (Å²) in [7, 11) is 1.59. The Balaban J connectivity index is 1.66. The van der Waals surface area contributed by atoms with Crippen molar-refractivity contribution in [3.63, 3.8) is 0 Å². The maximum absolute atomic E-state index is 12.4. The van der Waals surface area contributed by atoms with E-state index in [0.29, 0.717) is 31.1 Å². The van der Waals surface area contributed by atoms with Gasteiger partial charge in [-0.2, -0.15) is 0 Å². The Hall–Kier alpha value is -1.99. The molecule has 7 heteroatoms. The van der Waals surface area contributed by atoms with Crippen molar-refractivity contribution in [1.29, 1.82) is 0 Å². The number of amides is 2. The Morgan fingerprint density at radius 1 is 1.07 bits per heavy atom. The molecule has 3 rings (SSSR count). The molecule has 148 valence electrons. The molecule has 0 aromatic heterocycles. The second kappa shape index (κ2) is 9.47. The molecule has 1 aliphatic heterocycles. The number of rotatable bonds is 8. The lowest BCUT2D eigenvalue weighted by atomic mass is 10.1. The van der Waals surface area contributed by atoms with Crippen LogP contribution in [0.2, 0.25) is 0 Å². The minimum Gasteiger partial charge on any atom is -0.493 e.